The molecule has 8 nitrogen and oxygen atoms in total. The first-order chi connectivity index (χ1) is 18.0. The van der Waals surface area contributed by atoms with Gasteiger partial charge in [-0.15, -0.1) is 0 Å². The SMILES string of the molecule is COc1ccc(C=CC(=O)NCCCCCCCNC(=O)C=Cc2ccc(OC)c(OC)c2)cc1OC. The standard InChI is InChI=1S/C29H38N2O6/c1-34-24-14-10-22(20-26(24)36-3)12-16-28(32)30-18-8-6-5-7-9-19-31-29(33)17-13-23-11-15-25(35-2)27(21-23)37-4/h10-17,20-21H,5-9,18-19H2,1-4H3,(H,30,32)(H,31,33). The molecule has 0 aromatic heterocycles. The predicted octanol–water partition coefficient (Wildman–Crippen LogP) is 4.63. The minimum Gasteiger partial charge on any atom is -0.493 e. The summed E-state index contributed by atoms with van der Waals surface area (Å²) in [7, 11) is 6.33. The topological polar surface area (TPSA) is 95.1 Å². The Hall–Kier alpha value is -3.94. The lowest BCUT2D eigenvalue weighted by Gasteiger charge is -2.07. The maximum absolute atomic E-state index is 12.0. The molecule has 2 amide bonds. The van der Waals surface area contributed by atoms with Gasteiger partial charge in [0.1, 0.15) is 0 Å². The number of ether oxygens (including phenoxy) is 4. The fourth-order valence-electron chi connectivity index (χ4n) is 3.58. The van der Waals surface area contributed by atoms with Crippen molar-refractivity contribution < 1.29 is 28.5 Å². The quantitative estimate of drug-likeness (QED) is 0.253. The molecule has 8 heteroatoms. The van der Waals surface area contributed by atoms with E-state index in [4.69, 9.17) is 18.9 Å². The first kappa shape index (κ1) is 29.3. The van der Waals surface area contributed by atoms with Crippen molar-refractivity contribution in [3.63, 3.8) is 0 Å². The summed E-state index contributed by atoms with van der Waals surface area (Å²) in [5, 5.41) is 5.80. The fourth-order valence-corrected chi connectivity index (χ4v) is 3.58. The van der Waals surface area contributed by atoms with Gasteiger partial charge in [-0.2, -0.15) is 0 Å². The van der Waals surface area contributed by atoms with E-state index in [0.29, 0.717) is 36.1 Å². The normalized spacial score (nSPS) is 10.9. The third-order valence-corrected chi connectivity index (χ3v) is 5.62. The van der Waals surface area contributed by atoms with Gasteiger partial charge < -0.3 is 29.6 Å². The molecule has 2 aromatic rings. The van der Waals surface area contributed by atoms with Crippen LogP contribution in [-0.2, 0) is 9.59 Å². The number of carbonyl (C=O) groups is 2. The van der Waals surface area contributed by atoms with Gasteiger partial charge in [-0.05, 0) is 60.4 Å². The van der Waals surface area contributed by atoms with Crippen LogP contribution in [0, 0.1) is 0 Å². The van der Waals surface area contributed by atoms with Gasteiger partial charge in [-0.25, -0.2) is 0 Å². The fraction of sp³-hybridized carbons (Fsp3) is 0.379. The molecule has 2 rings (SSSR count). The molecule has 0 atom stereocenters. The van der Waals surface area contributed by atoms with Gasteiger partial charge in [0.2, 0.25) is 11.8 Å². The number of carbonyl (C=O) groups excluding carboxylic acids is 2. The van der Waals surface area contributed by atoms with E-state index in [0.717, 1.165) is 43.2 Å². The summed E-state index contributed by atoms with van der Waals surface area (Å²) in [5.41, 5.74) is 1.72. The number of unbranched alkanes of at least 4 members (excludes halogenated alkanes) is 4. The van der Waals surface area contributed by atoms with Crippen LogP contribution in [0.3, 0.4) is 0 Å². The Morgan fingerprint density at radius 1 is 0.595 bits per heavy atom. The third kappa shape index (κ3) is 10.7. The van der Waals surface area contributed by atoms with E-state index < -0.39 is 0 Å². The second-order valence-electron chi connectivity index (χ2n) is 8.25. The van der Waals surface area contributed by atoms with Crippen molar-refractivity contribution in [2.45, 2.75) is 32.1 Å². The summed E-state index contributed by atoms with van der Waals surface area (Å²) < 4.78 is 21.0. The van der Waals surface area contributed by atoms with Gasteiger partial charge in [-0.1, -0.05) is 31.4 Å². The lowest BCUT2D eigenvalue weighted by Crippen LogP contribution is -2.22. The predicted molar refractivity (Wildman–Crippen MR) is 146 cm³/mol. The summed E-state index contributed by atoms with van der Waals surface area (Å²) in [5.74, 6) is 2.28. The van der Waals surface area contributed by atoms with Crippen molar-refractivity contribution in [3.8, 4) is 23.0 Å². The van der Waals surface area contributed by atoms with Crippen molar-refractivity contribution in [2.24, 2.45) is 0 Å². The number of amides is 2. The average molecular weight is 511 g/mol. The van der Waals surface area contributed by atoms with Crippen molar-refractivity contribution in [1.29, 1.82) is 0 Å². The molecule has 0 radical (unpaired) electrons. The number of benzene rings is 2. The Morgan fingerprint density at radius 3 is 1.35 bits per heavy atom. The Morgan fingerprint density at radius 2 is 0.973 bits per heavy atom. The molecule has 0 heterocycles. The molecule has 2 N–H and O–H groups in total. The zero-order valence-corrected chi connectivity index (χ0v) is 22.2. The highest BCUT2D eigenvalue weighted by Crippen LogP contribution is 2.28. The molecule has 0 bridgehead atoms. The van der Waals surface area contributed by atoms with E-state index in [1.807, 2.05) is 24.3 Å². The van der Waals surface area contributed by atoms with Crippen LogP contribution in [0.4, 0.5) is 0 Å². The van der Waals surface area contributed by atoms with Crippen molar-refractivity contribution in [2.75, 3.05) is 41.5 Å². The first-order valence-corrected chi connectivity index (χ1v) is 12.4. The monoisotopic (exact) mass is 510 g/mol. The van der Waals surface area contributed by atoms with Crippen LogP contribution >= 0.6 is 0 Å². The minimum absolute atomic E-state index is 0.126. The lowest BCUT2D eigenvalue weighted by atomic mass is 10.1. The van der Waals surface area contributed by atoms with Crippen LogP contribution in [0.2, 0.25) is 0 Å². The summed E-state index contributed by atoms with van der Waals surface area (Å²) in [6.45, 7) is 1.26. The second kappa shape index (κ2) is 16.7. The lowest BCUT2D eigenvalue weighted by molar-refractivity contribution is -0.117. The molecule has 0 spiro atoms. The van der Waals surface area contributed by atoms with Crippen LogP contribution in [-0.4, -0.2) is 53.3 Å². The maximum atomic E-state index is 12.0. The van der Waals surface area contributed by atoms with Gasteiger partial charge in [0.05, 0.1) is 28.4 Å². The van der Waals surface area contributed by atoms with Gasteiger partial charge in [0, 0.05) is 25.2 Å². The molecule has 0 aliphatic carbocycles. The largest absolute Gasteiger partial charge is 0.493 e. The van der Waals surface area contributed by atoms with Crippen molar-refractivity contribution in [1.82, 2.24) is 10.6 Å². The zero-order chi connectivity index (χ0) is 26.9. The van der Waals surface area contributed by atoms with Gasteiger partial charge >= 0.3 is 0 Å². The van der Waals surface area contributed by atoms with Crippen LogP contribution in [0.5, 0.6) is 23.0 Å². The van der Waals surface area contributed by atoms with E-state index in [-0.39, 0.29) is 11.8 Å². The van der Waals surface area contributed by atoms with Crippen LogP contribution in [0.15, 0.2) is 48.6 Å². The Balaban J connectivity index is 1.54. The smallest absolute Gasteiger partial charge is 0.243 e. The van der Waals surface area contributed by atoms with Crippen LogP contribution in [0.1, 0.15) is 43.2 Å². The summed E-state index contributed by atoms with van der Waals surface area (Å²) in [6.07, 6.45) is 11.4. The van der Waals surface area contributed by atoms with Gasteiger partial charge in [0.25, 0.3) is 0 Å². The van der Waals surface area contributed by atoms with E-state index in [1.54, 1.807) is 52.7 Å². The first-order valence-electron chi connectivity index (χ1n) is 12.4. The maximum Gasteiger partial charge on any atom is 0.243 e. The summed E-state index contributed by atoms with van der Waals surface area (Å²) >= 11 is 0. The molecule has 200 valence electrons. The summed E-state index contributed by atoms with van der Waals surface area (Å²) in [4.78, 5) is 24.1. The Kier molecular flexibility index (Phi) is 13.2. The molecule has 0 fully saturated rings. The third-order valence-electron chi connectivity index (χ3n) is 5.62. The molecule has 0 aliphatic rings. The Bertz CT molecular complexity index is 981. The molecule has 0 saturated heterocycles. The summed E-state index contributed by atoms with van der Waals surface area (Å²) in [6, 6.07) is 11.0. The molecule has 0 aliphatic heterocycles. The highest BCUT2D eigenvalue weighted by atomic mass is 16.5. The molecular weight excluding hydrogens is 472 g/mol. The zero-order valence-electron chi connectivity index (χ0n) is 22.2. The van der Waals surface area contributed by atoms with Crippen LogP contribution < -0.4 is 29.6 Å². The molecule has 37 heavy (non-hydrogen) atoms. The Labute approximate surface area is 219 Å². The minimum atomic E-state index is -0.126. The van der Waals surface area contributed by atoms with Crippen LogP contribution in [0.25, 0.3) is 12.2 Å². The van der Waals surface area contributed by atoms with Crippen molar-refractivity contribution in [3.05, 3.63) is 59.7 Å². The number of nitrogens with one attached hydrogen (secondary N) is 2. The molecular formula is C29H38N2O6. The van der Waals surface area contributed by atoms with Gasteiger partial charge in [-0.3, -0.25) is 9.59 Å². The van der Waals surface area contributed by atoms with E-state index in [1.165, 1.54) is 12.2 Å². The number of hydrogen-bond acceptors (Lipinski definition) is 6. The van der Waals surface area contributed by atoms with Crippen molar-refractivity contribution >= 4 is 24.0 Å². The van der Waals surface area contributed by atoms with E-state index in [2.05, 4.69) is 10.6 Å². The highest BCUT2D eigenvalue weighted by molar-refractivity contribution is 5.92. The molecule has 2 aromatic carbocycles. The van der Waals surface area contributed by atoms with Gasteiger partial charge in [0.15, 0.2) is 23.0 Å². The second-order valence-corrected chi connectivity index (χ2v) is 8.25. The number of hydrogen-bond donors (Lipinski definition) is 2. The average Bonchev–Trinajstić information content (AvgIpc) is 2.93. The molecule has 0 saturated carbocycles. The molecule has 0 unspecified atom stereocenters. The van der Waals surface area contributed by atoms with E-state index in [9.17, 15) is 9.59 Å². The van der Waals surface area contributed by atoms with E-state index >= 15 is 0 Å². The highest BCUT2D eigenvalue weighted by Gasteiger charge is 2.04. The number of methoxy groups -OCH3 is 4. The number of rotatable bonds is 16.